The monoisotopic (exact) mass is 798 g/mol. The molecule has 0 radical (unpaired) electrons. The first-order valence-corrected chi connectivity index (χ1v) is 22.1. The number of aromatic nitrogens is 3. The van der Waals surface area contributed by atoms with Gasteiger partial charge >= 0.3 is 0 Å². The van der Waals surface area contributed by atoms with E-state index in [0.717, 1.165) is 50.1 Å². The predicted molar refractivity (Wildman–Crippen MR) is 263 cm³/mol. The van der Waals surface area contributed by atoms with Gasteiger partial charge in [0.05, 0.1) is 11.4 Å². The van der Waals surface area contributed by atoms with Crippen LogP contribution in [0.4, 0.5) is 0 Å². The number of hydrogen-bond donors (Lipinski definition) is 2. The maximum Gasteiger partial charge on any atom is 0.0737 e. The molecule has 0 spiro atoms. The van der Waals surface area contributed by atoms with Crippen molar-refractivity contribution < 1.29 is 0 Å². The van der Waals surface area contributed by atoms with Crippen molar-refractivity contribution in [2.75, 3.05) is 0 Å². The van der Waals surface area contributed by atoms with E-state index in [1.165, 1.54) is 50.1 Å². The molecule has 0 saturated heterocycles. The van der Waals surface area contributed by atoms with Crippen LogP contribution in [0.1, 0.15) is 169 Å². The van der Waals surface area contributed by atoms with Crippen LogP contribution in [0.5, 0.6) is 0 Å². The molecule has 0 amide bonds. The van der Waals surface area contributed by atoms with E-state index in [-0.39, 0.29) is 32.5 Å². The molecule has 3 aromatic heterocycles. The second kappa shape index (κ2) is 14.4. The van der Waals surface area contributed by atoms with Gasteiger partial charge in [0.25, 0.3) is 0 Å². The topological polar surface area (TPSA) is 44.5 Å². The Morgan fingerprint density at radius 3 is 0.750 bits per heavy atom. The molecule has 6 aromatic rings. The largest absolute Gasteiger partial charge is 0.354 e. The molecule has 1 aliphatic rings. The van der Waals surface area contributed by atoms with E-state index in [9.17, 15) is 0 Å². The molecule has 7 rings (SSSR count). The predicted octanol–water partition coefficient (Wildman–Crippen LogP) is 16.4. The highest BCUT2D eigenvalue weighted by molar-refractivity contribution is 6.00. The van der Waals surface area contributed by atoms with Gasteiger partial charge in [0, 0.05) is 38.8 Å². The molecule has 0 atom stereocenters. The van der Waals surface area contributed by atoms with Crippen LogP contribution in [-0.2, 0) is 32.5 Å². The molecular formula is C57H71N3. The number of fused-ring (bicyclic) bond motifs is 6. The number of nitrogens with zero attached hydrogens (tertiary/aromatic N) is 1. The van der Waals surface area contributed by atoms with Gasteiger partial charge in [-0.25, -0.2) is 4.98 Å². The maximum absolute atomic E-state index is 5.63. The zero-order chi connectivity index (χ0) is 44.1. The van der Waals surface area contributed by atoms with Crippen LogP contribution in [0.2, 0.25) is 0 Å². The van der Waals surface area contributed by atoms with Gasteiger partial charge in [-0.1, -0.05) is 179 Å². The van der Waals surface area contributed by atoms with Gasteiger partial charge in [-0.15, -0.1) is 0 Å². The van der Waals surface area contributed by atoms with E-state index in [2.05, 4.69) is 226 Å². The molecule has 1 aliphatic heterocycles. The average molecular weight is 798 g/mol. The van der Waals surface area contributed by atoms with E-state index < -0.39 is 0 Å². The summed E-state index contributed by atoms with van der Waals surface area (Å²) in [6, 6.07) is 30.8. The lowest BCUT2D eigenvalue weighted by Gasteiger charge is -2.26. The second-order valence-electron chi connectivity index (χ2n) is 23.8. The Morgan fingerprint density at radius 2 is 0.517 bits per heavy atom. The van der Waals surface area contributed by atoms with Crippen LogP contribution >= 0.6 is 0 Å². The lowest BCUT2D eigenvalue weighted by atomic mass is 9.78. The van der Waals surface area contributed by atoms with E-state index in [4.69, 9.17) is 4.98 Å². The molecule has 60 heavy (non-hydrogen) atoms. The van der Waals surface area contributed by atoms with Crippen LogP contribution < -0.4 is 0 Å². The third kappa shape index (κ3) is 8.52. The van der Waals surface area contributed by atoms with Crippen molar-refractivity contribution in [1.82, 2.24) is 15.0 Å². The minimum Gasteiger partial charge on any atom is -0.354 e. The fourth-order valence-corrected chi connectivity index (χ4v) is 8.27. The van der Waals surface area contributed by atoms with Crippen LogP contribution in [0.25, 0.3) is 67.6 Å². The Bertz CT molecular complexity index is 2490. The summed E-state index contributed by atoms with van der Waals surface area (Å²) in [4.78, 5) is 13.6. The highest BCUT2D eigenvalue weighted by Gasteiger charge is 2.27. The molecule has 0 saturated carbocycles. The summed E-state index contributed by atoms with van der Waals surface area (Å²) in [5, 5.41) is 0. The fourth-order valence-electron chi connectivity index (χ4n) is 8.27. The number of rotatable bonds is 3. The standard InChI is InChI=1S/C57H71N3/c1-52(2,3)37-25-34(26-38(31-37)53(4,5)6)49-43-19-21-45(58-43)50(35-27-39(54(7,8)9)32-40(28-35)55(10,11)12)47-23-24-48(60-47)51(46-22-20-44(49)59-46)36-29-41(56(13,14)15)33-42(30-36)57(16,17)18/h19-33,58-59H,1-18H3. The van der Waals surface area contributed by atoms with Crippen molar-refractivity contribution in [3.8, 4) is 33.4 Å². The lowest BCUT2D eigenvalue weighted by Crippen LogP contribution is -2.16. The molecule has 0 aliphatic carbocycles. The maximum atomic E-state index is 5.63. The zero-order valence-electron chi connectivity index (χ0n) is 40.1. The van der Waals surface area contributed by atoms with Gasteiger partial charge in [-0.2, -0.15) is 0 Å². The highest BCUT2D eigenvalue weighted by atomic mass is 14.8. The van der Waals surface area contributed by atoms with Gasteiger partial charge < -0.3 is 9.97 Å². The second-order valence-corrected chi connectivity index (χ2v) is 23.8. The number of aromatic amines is 2. The first-order valence-electron chi connectivity index (χ1n) is 22.1. The number of nitrogens with one attached hydrogen (secondary N) is 2. The normalized spacial score (nSPS) is 13.8. The lowest BCUT2D eigenvalue weighted by molar-refractivity contribution is 0.568. The first kappa shape index (κ1) is 43.2. The molecule has 4 heterocycles. The van der Waals surface area contributed by atoms with Crippen LogP contribution in [0.15, 0.2) is 78.9 Å². The van der Waals surface area contributed by atoms with E-state index >= 15 is 0 Å². The minimum atomic E-state index is -0.0369. The van der Waals surface area contributed by atoms with Crippen molar-refractivity contribution >= 4 is 34.2 Å². The van der Waals surface area contributed by atoms with Crippen molar-refractivity contribution in [3.63, 3.8) is 0 Å². The van der Waals surface area contributed by atoms with Crippen molar-refractivity contribution in [3.05, 3.63) is 124 Å². The number of H-pyrrole nitrogens is 2. The molecule has 3 nitrogen and oxygen atoms in total. The Morgan fingerprint density at radius 1 is 0.300 bits per heavy atom. The highest BCUT2D eigenvalue weighted by Crippen LogP contribution is 2.43. The smallest absolute Gasteiger partial charge is 0.0737 e. The molecule has 2 N–H and O–H groups in total. The molecule has 0 fully saturated rings. The van der Waals surface area contributed by atoms with E-state index in [1.54, 1.807) is 0 Å². The fraction of sp³-hybridized carbons (Fsp3) is 0.421. The van der Waals surface area contributed by atoms with Crippen LogP contribution in [-0.4, -0.2) is 15.0 Å². The Hall–Kier alpha value is -4.89. The van der Waals surface area contributed by atoms with Crippen LogP contribution in [0.3, 0.4) is 0 Å². The van der Waals surface area contributed by atoms with Crippen molar-refractivity contribution in [2.24, 2.45) is 0 Å². The minimum absolute atomic E-state index is 0.0308. The van der Waals surface area contributed by atoms with Crippen molar-refractivity contribution in [1.29, 1.82) is 0 Å². The number of benzene rings is 3. The summed E-state index contributed by atoms with van der Waals surface area (Å²) in [6.07, 6.45) is 4.47. The Labute approximate surface area is 361 Å². The molecule has 0 unspecified atom stereocenters. The third-order valence-electron chi connectivity index (χ3n) is 12.5. The Kier molecular flexibility index (Phi) is 10.3. The SMILES string of the molecule is CC(C)(C)c1cc(-c2c3nc(c(-c4cc(C(C)(C)C)cc(C(C)(C)C)c4)c4ccc([nH]4)c(-c4cc(C(C)(C)C)cc(C(C)(C)C)c4)c4ccc2[nH]4)C=C3)cc(C(C)(C)C)c1. The molecule has 6 bridgehead atoms. The average Bonchev–Trinajstić information content (AvgIpc) is 3.89. The van der Waals surface area contributed by atoms with E-state index in [0.29, 0.717) is 0 Å². The van der Waals surface area contributed by atoms with E-state index in [1.807, 2.05) is 0 Å². The molecule has 314 valence electrons. The molecular weight excluding hydrogens is 727 g/mol. The van der Waals surface area contributed by atoms with Gasteiger partial charge in [0.1, 0.15) is 0 Å². The Balaban J connectivity index is 1.71. The summed E-state index contributed by atoms with van der Waals surface area (Å²) in [5.74, 6) is 0. The summed E-state index contributed by atoms with van der Waals surface area (Å²) >= 11 is 0. The summed E-state index contributed by atoms with van der Waals surface area (Å²) in [7, 11) is 0. The zero-order valence-corrected chi connectivity index (χ0v) is 40.1. The summed E-state index contributed by atoms with van der Waals surface area (Å²) in [5.41, 5.74) is 20.9. The van der Waals surface area contributed by atoms with Gasteiger partial charge in [-0.05, 0) is 119 Å². The summed E-state index contributed by atoms with van der Waals surface area (Å²) < 4.78 is 0. The van der Waals surface area contributed by atoms with Gasteiger partial charge in [-0.3, -0.25) is 0 Å². The van der Waals surface area contributed by atoms with Crippen molar-refractivity contribution in [2.45, 2.75) is 157 Å². The van der Waals surface area contributed by atoms with Crippen LogP contribution in [0, 0.1) is 0 Å². The van der Waals surface area contributed by atoms with Gasteiger partial charge in [0.15, 0.2) is 0 Å². The number of hydrogen-bond acceptors (Lipinski definition) is 1. The quantitative estimate of drug-likeness (QED) is 0.184. The van der Waals surface area contributed by atoms with Gasteiger partial charge in [0.2, 0.25) is 0 Å². The molecule has 3 aromatic carbocycles. The summed E-state index contributed by atoms with van der Waals surface area (Å²) in [6.45, 7) is 41.7. The molecule has 3 heteroatoms. The first-order chi connectivity index (χ1) is 27.5. The third-order valence-corrected chi connectivity index (χ3v) is 12.5.